The van der Waals surface area contributed by atoms with Crippen molar-refractivity contribution in [2.24, 2.45) is 0 Å². The highest BCUT2D eigenvalue weighted by Crippen LogP contribution is 2.33. The van der Waals surface area contributed by atoms with Crippen molar-refractivity contribution in [1.29, 1.82) is 0 Å². The number of benzene rings is 3. The summed E-state index contributed by atoms with van der Waals surface area (Å²) in [4.78, 5) is 7.66. The number of H-pyrrole nitrogens is 1. The number of halogens is 1. The number of nitrogens with zero attached hydrogens (tertiary/aromatic N) is 3. The summed E-state index contributed by atoms with van der Waals surface area (Å²) in [6, 6.07) is 25.5. The van der Waals surface area contributed by atoms with E-state index in [2.05, 4.69) is 9.97 Å². The van der Waals surface area contributed by atoms with E-state index in [1.165, 1.54) is 12.1 Å². The fraction of sp³-hybridized carbons (Fsp3) is 0. The van der Waals surface area contributed by atoms with Crippen molar-refractivity contribution in [3.05, 3.63) is 102 Å². The van der Waals surface area contributed by atoms with Crippen LogP contribution in [0.4, 0.5) is 10.1 Å². The quantitative estimate of drug-likeness (QED) is 0.264. The Kier molecular flexibility index (Phi) is 5.09. The maximum Gasteiger partial charge on any atom is 0.197 e. The summed E-state index contributed by atoms with van der Waals surface area (Å²) < 4.78 is 15.7. The molecule has 0 aliphatic rings. The largest absolute Gasteiger partial charge is 0.399 e. The van der Waals surface area contributed by atoms with Gasteiger partial charge in [-0.2, -0.15) is 5.10 Å². The van der Waals surface area contributed by atoms with Gasteiger partial charge in [-0.05, 0) is 66.8 Å². The van der Waals surface area contributed by atoms with E-state index >= 15 is 0 Å². The normalized spacial score (nSPS) is 10.9. The van der Waals surface area contributed by atoms with Crippen LogP contribution in [0, 0.1) is 10.6 Å². The number of aromatic amines is 1. The third-order valence-corrected chi connectivity index (χ3v) is 5.29. The lowest BCUT2D eigenvalue weighted by molar-refractivity contribution is 0.628. The molecule has 0 amide bonds. The van der Waals surface area contributed by atoms with Crippen LogP contribution in [0.2, 0.25) is 0 Å². The molecule has 0 saturated heterocycles. The highest BCUT2D eigenvalue weighted by Gasteiger charge is 2.16. The molecular weight excluding hydrogens is 421 g/mol. The fourth-order valence-corrected chi connectivity index (χ4v) is 3.72. The molecule has 5 rings (SSSR count). The van der Waals surface area contributed by atoms with E-state index < -0.39 is 0 Å². The number of anilines is 1. The number of nitrogens with two attached hydrogens (primary N) is 1. The van der Waals surface area contributed by atoms with Gasteiger partial charge in [0.25, 0.3) is 0 Å². The Balaban J connectivity index is 1.70. The van der Waals surface area contributed by atoms with Crippen LogP contribution in [0.15, 0.2) is 91.1 Å². The Morgan fingerprint density at radius 2 is 1.56 bits per heavy atom. The van der Waals surface area contributed by atoms with Gasteiger partial charge in [-0.15, -0.1) is 0 Å². The Morgan fingerprint density at radius 3 is 2.28 bits per heavy atom. The van der Waals surface area contributed by atoms with E-state index in [1.807, 2.05) is 66.9 Å². The molecule has 2 heterocycles. The van der Waals surface area contributed by atoms with Crippen LogP contribution in [0.3, 0.4) is 0 Å². The number of nitrogens with one attached hydrogen (secondary N) is 1. The summed E-state index contributed by atoms with van der Waals surface area (Å²) in [5.74, 6) is -0.299. The van der Waals surface area contributed by atoms with Gasteiger partial charge in [0.1, 0.15) is 11.5 Å². The van der Waals surface area contributed by atoms with Gasteiger partial charge in [0.15, 0.2) is 4.77 Å². The molecule has 7 heteroatoms. The van der Waals surface area contributed by atoms with Crippen LogP contribution in [-0.2, 0) is 0 Å². The molecule has 0 radical (unpaired) electrons. The Hall–Kier alpha value is -4.10. The Labute approximate surface area is 189 Å². The topological polar surface area (TPSA) is 72.5 Å². The molecule has 0 aliphatic carbocycles. The van der Waals surface area contributed by atoms with Crippen LogP contribution >= 0.6 is 12.2 Å². The Morgan fingerprint density at radius 1 is 0.875 bits per heavy atom. The van der Waals surface area contributed by atoms with Crippen molar-refractivity contribution >= 4 is 17.9 Å². The summed E-state index contributed by atoms with van der Waals surface area (Å²) in [6.45, 7) is 0. The zero-order valence-corrected chi connectivity index (χ0v) is 17.7. The highest BCUT2D eigenvalue weighted by atomic mass is 32.1. The van der Waals surface area contributed by atoms with E-state index in [4.69, 9.17) is 23.1 Å². The first-order valence-corrected chi connectivity index (χ1v) is 10.4. The number of hydrogen-bond donors (Lipinski definition) is 2. The number of rotatable bonds is 4. The molecular formula is C25H18FN5S. The van der Waals surface area contributed by atoms with Crippen molar-refractivity contribution < 1.29 is 4.39 Å². The van der Waals surface area contributed by atoms with Gasteiger partial charge in [-0.1, -0.05) is 30.3 Å². The van der Waals surface area contributed by atoms with Gasteiger partial charge in [-0.3, -0.25) is 0 Å². The molecule has 0 unspecified atom stereocenters. The molecule has 0 fully saturated rings. The standard InChI is InChI=1S/C25H18FN5S/c26-18-10-6-17(7-11-18)24-21(15-31(30-24)20-4-2-1-3-5-20)23-14-22(28-25(32)29-23)16-8-12-19(27)13-9-16/h1-15H,27H2,(H,28,29,32). The average molecular weight is 440 g/mol. The molecule has 156 valence electrons. The van der Waals surface area contributed by atoms with E-state index in [1.54, 1.807) is 16.8 Å². The third-order valence-electron chi connectivity index (χ3n) is 5.09. The zero-order chi connectivity index (χ0) is 22.1. The summed E-state index contributed by atoms with van der Waals surface area (Å²) in [6.07, 6.45) is 1.93. The molecule has 3 N–H and O–H groups in total. The van der Waals surface area contributed by atoms with E-state index in [-0.39, 0.29) is 5.82 Å². The first-order chi connectivity index (χ1) is 15.6. The van der Waals surface area contributed by atoms with Gasteiger partial charge in [0.2, 0.25) is 0 Å². The monoisotopic (exact) mass is 439 g/mol. The first kappa shape index (κ1) is 19.8. The number of aromatic nitrogens is 4. The highest BCUT2D eigenvalue weighted by molar-refractivity contribution is 7.71. The van der Waals surface area contributed by atoms with E-state index in [9.17, 15) is 4.39 Å². The van der Waals surface area contributed by atoms with Crippen molar-refractivity contribution in [1.82, 2.24) is 19.7 Å². The molecule has 3 aromatic carbocycles. The van der Waals surface area contributed by atoms with Crippen LogP contribution in [0.1, 0.15) is 0 Å². The second kappa shape index (κ2) is 8.20. The van der Waals surface area contributed by atoms with Gasteiger partial charge < -0.3 is 10.7 Å². The molecule has 0 spiro atoms. The van der Waals surface area contributed by atoms with Crippen molar-refractivity contribution in [3.63, 3.8) is 0 Å². The summed E-state index contributed by atoms with van der Waals surface area (Å²) in [7, 11) is 0. The first-order valence-electron chi connectivity index (χ1n) is 9.95. The lowest BCUT2D eigenvalue weighted by Gasteiger charge is -2.07. The summed E-state index contributed by atoms with van der Waals surface area (Å²) in [5, 5.41) is 4.80. The van der Waals surface area contributed by atoms with Gasteiger partial charge in [-0.25, -0.2) is 14.1 Å². The summed E-state index contributed by atoms with van der Waals surface area (Å²) >= 11 is 5.42. The molecule has 5 aromatic rings. The maximum absolute atomic E-state index is 13.6. The second-order valence-corrected chi connectivity index (χ2v) is 7.67. The molecule has 5 nitrogen and oxygen atoms in total. The maximum atomic E-state index is 13.6. The minimum Gasteiger partial charge on any atom is -0.399 e. The number of para-hydroxylation sites is 1. The molecule has 0 saturated carbocycles. The van der Waals surface area contributed by atoms with Crippen LogP contribution in [0.25, 0.3) is 39.5 Å². The van der Waals surface area contributed by atoms with Crippen LogP contribution < -0.4 is 5.73 Å². The van der Waals surface area contributed by atoms with Gasteiger partial charge >= 0.3 is 0 Å². The minimum absolute atomic E-state index is 0.299. The molecule has 2 aromatic heterocycles. The van der Waals surface area contributed by atoms with E-state index in [0.717, 1.165) is 33.8 Å². The lowest BCUT2D eigenvalue weighted by Crippen LogP contribution is -1.94. The van der Waals surface area contributed by atoms with Crippen molar-refractivity contribution in [3.8, 4) is 39.5 Å². The molecule has 32 heavy (non-hydrogen) atoms. The lowest BCUT2D eigenvalue weighted by atomic mass is 10.0. The zero-order valence-electron chi connectivity index (χ0n) is 16.9. The predicted molar refractivity (Wildman–Crippen MR) is 127 cm³/mol. The average Bonchev–Trinajstić information content (AvgIpc) is 3.26. The van der Waals surface area contributed by atoms with Crippen LogP contribution in [-0.4, -0.2) is 19.7 Å². The molecule has 0 atom stereocenters. The molecule has 0 bridgehead atoms. The SMILES string of the molecule is Nc1ccc(-c2cc(-c3cn(-c4ccccc4)nc3-c3ccc(F)cc3)[nH]c(=S)n2)cc1. The fourth-order valence-electron chi connectivity index (χ4n) is 3.51. The number of hydrogen-bond acceptors (Lipinski definition) is 4. The number of nitrogen functional groups attached to an aromatic ring is 1. The van der Waals surface area contributed by atoms with Crippen molar-refractivity contribution in [2.45, 2.75) is 0 Å². The smallest absolute Gasteiger partial charge is 0.197 e. The Bertz CT molecular complexity index is 1440. The second-order valence-electron chi connectivity index (χ2n) is 7.29. The van der Waals surface area contributed by atoms with E-state index in [0.29, 0.717) is 16.2 Å². The summed E-state index contributed by atoms with van der Waals surface area (Å²) in [5.41, 5.74) is 12.1. The van der Waals surface area contributed by atoms with Crippen molar-refractivity contribution in [2.75, 3.05) is 5.73 Å². The molecule has 0 aliphatic heterocycles. The third kappa shape index (κ3) is 3.93. The van der Waals surface area contributed by atoms with Gasteiger partial charge in [0, 0.05) is 28.6 Å². The van der Waals surface area contributed by atoms with Crippen LogP contribution in [0.5, 0.6) is 0 Å². The van der Waals surface area contributed by atoms with Gasteiger partial charge in [0.05, 0.1) is 17.1 Å². The minimum atomic E-state index is -0.299. The predicted octanol–water partition coefficient (Wildman–Crippen LogP) is 6.05.